The van der Waals surface area contributed by atoms with E-state index in [9.17, 15) is 0 Å². The van der Waals surface area contributed by atoms with Crippen LogP contribution in [0.5, 0.6) is 0 Å². The van der Waals surface area contributed by atoms with Crippen LogP contribution in [0, 0.1) is 0 Å². The lowest BCUT2D eigenvalue weighted by molar-refractivity contribution is -0.000806. The standard InChI is InChI=1S/C10H20N2O/c1-3-5-12-6-7-13-9-10(12)8-11-4-2/h3,10-11H,1,4-9H2,2H3. The first-order chi connectivity index (χ1) is 6.38. The molecule has 1 atom stereocenters. The lowest BCUT2D eigenvalue weighted by Crippen LogP contribution is -2.50. The second-order valence-electron chi connectivity index (χ2n) is 3.32. The summed E-state index contributed by atoms with van der Waals surface area (Å²) in [5, 5.41) is 3.35. The average Bonchev–Trinajstić information content (AvgIpc) is 2.17. The molecular weight excluding hydrogens is 164 g/mol. The molecule has 0 radical (unpaired) electrons. The Morgan fingerprint density at radius 3 is 3.23 bits per heavy atom. The number of nitrogens with one attached hydrogen (secondary N) is 1. The van der Waals surface area contributed by atoms with E-state index in [4.69, 9.17) is 4.74 Å². The van der Waals surface area contributed by atoms with Crippen LogP contribution < -0.4 is 5.32 Å². The Hall–Kier alpha value is -0.380. The zero-order valence-corrected chi connectivity index (χ0v) is 8.46. The van der Waals surface area contributed by atoms with Crippen molar-refractivity contribution in [1.82, 2.24) is 10.2 Å². The highest BCUT2D eigenvalue weighted by Gasteiger charge is 2.20. The SMILES string of the molecule is C=CCN1CCOCC1CNCC. The molecule has 0 aromatic heterocycles. The number of morpholine rings is 1. The van der Waals surface area contributed by atoms with Crippen LogP contribution in [-0.2, 0) is 4.74 Å². The number of nitrogens with zero attached hydrogens (tertiary/aromatic N) is 1. The molecule has 0 spiro atoms. The quantitative estimate of drug-likeness (QED) is 0.629. The maximum atomic E-state index is 5.44. The molecule has 0 aromatic carbocycles. The molecule has 76 valence electrons. The van der Waals surface area contributed by atoms with E-state index >= 15 is 0 Å². The fourth-order valence-corrected chi connectivity index (χ4v) is 1.59. The molecule has 0 amide bonds. The van der Waals surface area contributed by atoms with Crippen molar-refractivity contribution in [2.75, 3.05) is 39.4 Å². The number of hydrogen-bond donors (Lipinski definition) is 1. The van der Waals surface area contributed by atoms with Gasteiger partial charge in [-0.15, -0.1) is 6.58 Å². The van der Waals surface area contributed by atoms with Crippen LogP contribution >= 0.6 is 0 Å². The van der Waals surface area contributed by atoms with Gasteiger partial charge in [-0.05, 0) is 6.54 Å². The number of ether oxygens (including phenoxy) is 1. The molecule has 1 heterocycles. The number of hydrogen-bond acceptors (Lipinski definition) is 3. The fraction of sp³-hybridized carbons (Fsp3) is 0.800. The monoisotopic (exact) mass is 184 g/mol. The first-order valence-corrected chi connectivity index (χ1v) is 5.02. The maximum Gasteiger partial charge on any atom is 0.0635 e. The van der Waals surface area contributed by atoms with Crippen molar-refractivity contribution in [3.05, 3.63) is 12.7 Å². The Morgan fingerprint density at radius 2 is 2.54 bits per heavy atom. The number of likely N-dealkylation sites (N-methyl/N-ethyl adjacent to an activating group) is 1. The number of rotatable bonds is 5. The summed E-state index contributed by atoms with van der Waals surface area (Å²) >= 11 is 0. The van der Waals surface area contributed by atoms with E-state index in [1.165, 1.54) is 0 Å². The molecular formula is C10H20N2O. The van der Waals surface area contributed by atoms with Gasteiger partial charge in [0.15, 0.2) is 0 Å². The summed E-state index contributed by atoms with van der Waals surface area (Å²) in [4.78, 5) is 2.42. The minimum absolute atomic E-state index is 0.520. The normalized spacial score (nSPS) is 24.5. The van der Waals surface area contributed by atoms with Gasteiger partial charge in [0.1, 0.15) is 0 Å². The van der Waals surface area contributed by atoms with Crippen molar-refractivity contribution in [1.29, 1.82) is 0 Å². The highest BCUT2D eigenvalue weighted by molar-refractivity contribution is 4.82. The van der Waals surface area contributed by atoms with Crippen LogP contribution in [0.2, 0.25) is 0 Å². The molecule has 3 heteroatoms. The molecule has 0 bridgehead atoms. The Bertz CT molecular complexity index is 150. The van der Waals surface area contributed by atoms with Crippen molar-refractivity contribution in [2.24, 2.45) is 0 Å². The van der Waals surface area contributed by atoms with E-state index in [-0.39, 0.29) is 0 Å². The zero-order chi connectivity index (χ0) is 9.52. The Labute approximate surface area is 80.8 Å². The van der Waals surface area contributed by atoms with Crippen LogP contribution in [0.3, 0.4) is 0 Å². The van der Waals surface area contributed by atoms with E-state index in [1.807, 2.05) is 6.08 Å². The molecule has 1 rings (SSSR count). The zero-order valence-electron chi connectivity index (χ0n) is 8.46. The van der Waals surface area contributed by atoms with E-state index < -0.39 is 0 Å². The molecule has 1 aliphatic rings. The highest BCUT2D eigenvalue weighted by atomic mass is 16.5. The van der Waals surface area contributed by atoms with Crippen LogP contribution in [0.1, 0.15) is 6.92 Å². The van der Waals surface area contributed by atoms with Gasteiger partial charge in [0.2, 0.25) is 0 Å². The summed E-state index contributed by atoms with van der Waals surface area (Å²) < 4.78 is 5.44. The second kappa shape index (κ2) is 6.13. The molecule has 1 saturated heterocycles. The first kappa shape index (κ1) is 10.7. The predicted molar refractivity (Wildman–Crippen MR) is 54.9 cm³/mol. The van der Waals surface area contributed by atoms with Crippen molar-refractivity contribution < 1.29 is 4.74 Å². The molecule has 1 unspecified atom stereocenters. The second-order valence-corrected chi connectivity index (χ2v) is 3.32. The van der Waals surface area contributed by atoms with Crippen molar-refractivity contribution >= 4 is 0 Å². The summed E-state index contributed by atoms with van der Waals surface area (Å²) in [6.07, 6.45) is 1.96. The maximum absolute atomic E-state index is 5.44. The minimum Gasteiger partial charge on any atom is -0.378 e. The van der Waals surface area contributed by atoms with E-state index in [0.29, 0.717) is 6.04 Å². The highest BCUT2D eigenvalue weighted by Crippen LogP contribution is 2.05. The average molecular weight is 184 g/mol. The van der Waals surface area contributed by atoms with Gasteiger partial charge in [-0.25, -0.2) is 0 Å². The van der Waals surface area contributed by atoms with Gasteiger partial charge >= 0.3 is 0 Å². The predicted octanol–water partition coefficient (Wildman–Crippen LogP) is 0.483. The van der Waals surface area contributed by atoms with Crippen molar-refractivity contribution in [2.45, 2.75) is 13.0 Å². The van der Waals surface area contributed by atoms with Crippen molar-refractivity contribution in [3.63, 3.8) is 0 Å². The van der Waals surface area contributed by atoms with Crippen molar-refractivity contribution in [3.8, 4) is 0 Å². The molecule has 0 saturated carbocycles. The van der Waals surface area contributed by atoms with Gasteiger partial charge in [-0.3, -0.25) is 4.90 Å². The van der Waals surface area contributed by atoms with Gasteiger partial charge < -0.3 is 10.1 Å². The summed E-state index contributed by atoms with van der Waals surface area (Å²) in [6, 6.07) is 0.520. The van der Waals surface area contributed by atoms with Gasteiger partial charge in [-0.2, -0.15) is 0 Å². The summed E-state index contributed by atoms with van der Waals surface area (Å²) in [5.74, 6) is 0. The van der Waals surface area contributed by atoms with Crippen LogP contribution in [0.15, 0.2) is 12.7 Å². The lowest BCUT2D eigenvalue weighted by atomic mass is 10.2. The van der Waals surface area contributed by atoms with E-state index in [0.717, 1.165) is 39.4 Å². The smallest absolute Gasteiger partial charge is 0.0635 e. The Morgan fingerprint density at radius 1 is 1.69 bits per heavy atom. The minimum atomic E-state index is 0.520. The Balaban J connectivity index is 2.32. The van der Waals surface area contributed by atoms with Crippen LogP contribution in [0.4, 0.5) is 0 Å². The third-order valence-electron chi connectivity index (χ3n) is 2.34. The first-order valence-electron chi connectivity index (χ1n) is 5.02. The fourth-order valence-electron chi connectivity index (χ4n) is 1.59. The third kappa shape index (κ3) is 3.46. The Kier molecular flexibility index (Phi) is 5.05. The van der Waals surface area contributed by atoms with Gasteiger partial charge in [0.25, 0.3) is 0 Å². The molecule has 0 aromatic rings. The molecule has 3 nitrogen and oxygen atoms in total. The topological polar surface area (TPSA) is 24.5 Å². The molecule has 1 N–H and O–H groups in total. The molecule has 1 aliphatic heterocycles. The lowest BCUT2D eigenvalue weighted by Gasteiger charge is -2.34. The van der Waals surface area contributed by atoms with E-state index in [1.54, 1.807) is 0 Å². The molecule has 1 fully saturated rings. The summed E-state index contributed by atoms with van der Waals surface area (Å²) in [6.45, 7) is 11.6. The summed E-state index contributed by atoms with van der Waals surface area (Å²) in [7, 11) is 0. The van der Waals surface area contributed by atoms with Crippen LogP contribution in [-0.4, -0.2) is 50.3 Å². The van der Waals surface area contributed by atoms with E-state index in [2.05, 4.69) is 23.7 Å². The third-order valence-corrected chi connectivity index (χ3v) is 2.34. The largest absolute Gasteiger partial charge is 0.378 e. The van der Waals surface area contributed by atoms with Gasteiger partial charge in [0.05, 0.1) is 13.2 Å². The van der Waals surface area contributed by atoms with Gasteiger partial charge in [0, 0.05) is 25.7 Å². The molecule has 13 heavy (non-hydrogen) atoms. The molecule has 0 aliphatic carbocycles. The summed E-state index contributed by atoms with van der Waals surface area (Å²) in [5.41, 5.74) is 0. The van der Waals surface area contributed by atoms with Crippen LogP contribution in [0.25, 0.3) is 0 Å². The van der Waals surface area contributed by atoms with Gasteiger partial charge in [-0.1, -0.05) is 13.0 Å².